The van der Waals surface area contributed by atoms with Crippen molar-refractivity contribution in [2.24, 2.45) is 0 Å². The molecule has 142 valence electrons. The Labute approximate surface area is 163 Å². The Kier molecular flexibility index (Phi) is 6.47. The first-order valence-corrected chi connectivity index (χ1v) is 7.89. The highest BCUT2D eigenvalue weighted by atomic mass is 35.5. The van der Waals surface area contributed by atoms with Crippen LogP contribution in [0.25, 0.3) is 10.8 Å². The van der Waals surface area contributed by atoms with Gasteiger partial charge >= 0.3 is 0 Å². The van der Waals surface area contributed by atoms with Gasteiger partial charge in [-0.05, 0) is 35.7 Å². The number of hydrogen-bond donors (Lipinski definition) is 0. The van der Waals surface area contributed by atoms with E-state index >= 15 is 0 Å². The van der Waals surface area contributed by atoms with E-state index in [0.717, 1.165) is 10.8 Å². The maximum atomic E-state index is 13.1. The van der Waals surface area contributed by atoms with Gasteiger partial charge in [0.1, 0.15) is 5.75 Å². The molecule has 0 radical (unpaired) electrons. The van der Waals surface area contributed by atoms with Crippen molar-refractivity contribution in [2.75, 3.05) is 28.4 Å². The van der Waals surface area contributed by atoms with Gasteiger partial charge < -0.3 is 18.9 Å². The quantitative estimate of drug-likeness (QED) is 0.595. The highest BCUT2D eigenvalue weighted by Gasteiger charge is 2.19. The van der Waals surface area contributed by atoms with E-state index in [0.29, 0.717) is 34.1 Å². The number of carbonyl (C=O) groups excluding carboxylic acids is 1. The van der Waals surface area contributed by atoms with E-state index in [1.807, 2.05) is 18.2 Å². The number of halogens is 1. The van der Waals surface area contributed by atoms with Gasteiger partial charge in [-0.15, -0.1) is 12.4 Å². The average molecular weight is 390 g/mol. The van der Waals surface area contributed by atoms with Crippen LogP contribution in [-0.2, 0) is 0 Å². The second-order valence-electron chi connectivity index (χ2n) is 5.52. The van der Waals surface area contributed by atoms with Crippen LogP contribution in [0.5, 0.6) is 23.0 Å². The highest BCUT2D eigenvalue weighted by Crippen LogP contribution is 2.39. The third-order valence-electron chi connectivity index (χ3n) is 4.14. The fourth-order valence-corrected chi connectivity index (χ4v) is 2.83. The monoisotopic (exact) mass is 389 g/mol. The second kappa shape index (κ2) is 8.60. The summed E-state index contributed by atoms with van der Waals surface area (Å²) in [5.41, 5.74) is 0.907. The molecule has 0 saturated carbocycles. The molecule has 6 nitrogen and oxygen atoms in total. The molecule has 0 fully saturated rings. The summed E-state index contributed by atoms with van der Waals surface area (Å²) in [6, 6.07) is 8.77. The van der Waals surface area contributed by atoms with E-state index < -0.39 is 0 Å². The van der Waals surface area contributed by atoms with Gasteiger partial charge in [-0.2, -0.15) is 0 Å². The van der Waals surface area contributed by atoms with Crippen LogP contribution in [-0.4, -0.2) is 39.2 Å². The lowest BCUT2D eigenvalue weighted by Gasteiger charge is -2.14. The Balaban J connectivity index is 0.00000261. The molecule has 3 rings (SSSR count). The number of methoxy groups -OCH3 is 4. The summed E-state index contributed by atoms with van der Waals surface area (Å²) in [5.74, 6) is 1.80. The van der Waals surface area contributed by atoms with Crippen LogP contribution in [0.3, 0.4) is 0 Å². The zero-order valence-corrected chi connectivity index (χ0v) is 16.3. The molecule has 7 heteroatoms. The van der Waals surface area contributed by atoms with Gasteiger partial charge in [0.05, 0.1) is 28.4 Å². The van der Waals surface area contributed by atoms with Gasteiger partial charge in [0.2, 0.25) is 5.75 Å². The van der Waals surface area contributed by atoms with Gasteiger partial charge in [0, 0.05) is 28.9 Å². The number of ketones is 1. The molecule has 0 unspecified atom stereocenters. The largest absolute Gasteiger partial charge is 0.497 e. The molecule has 3 aromatic rings. The molecule has 1 heterocycles. The molecular formula is C20H20ClNO5. The van der Waals surface area contributed by atoms with Crippen molar-refractivity contribution >= 4 is 29.0 Å². The van der Waals surface area contributed by atoms with Crippen molar-refractivity contribution in [1.29, 1.82) is 0 Å². The minimum absolute atomic E-state index is 0. The third-order valence-corrected chi connectivity index (χ3v) is 4.14. The number of carbonyl (C=O) groups is 1. The Hall–Kier alpha value is -2.99. The predicted octanol–water partition coefficient (Wildman–Crippen LogP) is 3.92. The first-order valence-electron chi connectivity index (χ1n) is 7.89. The number of hydrogen-bond acceptors (Lipinski definition) is 6. The van der Waals surface area contributed by atoms with Gasteiger partial charge in [-0.25, -0.2) is 0 Å². The fourth-order valence-electron chi connectivity index (χ4n) is 2.83. The van der Waals surface area contributed by atoms with Crippen LogP contribution in [0.15, 0.2) is 42.7 Å². The van der Waals surface area contributed by atoms with Crippen LogP contribution in [0.1, 0.15) is 15.9 Å². The van der Waals surface area contributed by atoms with Crippen LogP contribution in [0.4, 0.5) is 0 Å². The molecule has 0 atom stereocenters. The molecule has 0 saturated heterocycles. The number of fused-ring (bicyclic) bond motifs is 1. The zero-order valence-electron chi connectivity index (χ0n) is 15.4. The highest BCUT2D eigenvalue weighted by molar-refractivity contribution is 6.16. The molecule has 2 aromatic carbocycles. The summed E-state index contributed by atoms with van der Waals surface area (Å²) in [6.45, 7) is 0. The van der Waals surface area contributed by atoms with E-state index in [1.165, 1.54) is 21.3 Å². The Morgan fingerprint density at radius 1 is 0.852 bits per heavy atom. The van der Waals surface area contributed by atoms with Gasteiger partial charge in [-0.1, -0.05) is 0 Å². The summed E-state index contributed by atoms with van der Waals surface area (Å²) in [6.07, 6.45) is 3.25. The van der Waals surface area contributed by atoms with E-state index in [-0.39, 0.29) is 18.2 Å². The van der Waals surface area contributed by atoms with E-state index in [2.05, 4.69) is 4.98 Å². The standard InChI is InChI=1S/C20H19NO5.ClH/c1-23-14-5-6-15-13(7-14)10-21-11-16(15)19(22)12-8-17(24-2)20(26-4)18(9-12)25-3;/h5-11H,1-4H3;1H. The normalized spacial score (nSPS) is 10.1. The number of ether oxygens (including phenoxy) is 4. The van der Waals surface area contributed by atoms with Crippen molar-refractivity contribution < 1.29 is 23.7 Å². The maximum absolute atomic E-state index is 13.1. The molecule has 0 bridgehead atoms. The third kappa shape index (κ3) is 3.75. The summed E-state index contributed by atoms with van der Waals surface area (Å²) < 4.78 is 21.2. The maximum Gasteiger partial charge on any atom is 0.203 e. The lowest BCUT2D eigenvalue weighted by atomic mass is 9.99. The number of benzene rings is 2. The number of nitrogens with zero attached hydrogens (tertiary/aromatic N) is 1. The van der Waals surface area contributed by atoms with Crippen LogP contribution >= 0.6 is 12.4 Å². The van der Waals surface area contributed by atoms with Gasteiger partial charge in [0.15, 0.2) is 17.3 Å². The Bertz CT molecular complexity index is 949. The minimum Gasteiger partial charge on any atom is -0.497 e. The first kappa shape index (κ1) is 20.3. The van der Waals surface area contributed by atoms with E-state index in [4.69, 9.17) is 18.9 Å². The van der Waals surface area contributed by atoms with Crippen LogP contribution < -0.4 is 18.9 Å². The topological polar surface area (TPSA) is 66.9 Å². The summed E-state index contributed by atoms with van der Waals surface area (Å²) in [4.78, 5) is 17.3. The molecule has 0 N–H and O–H groups in total. The van der Waals surface area contributed by atoms with Crippen molar-refractivity contribution in [3.63, 3.8) is 0 Å². The first-order chi connectivity index (χ1) is 12.6. The average Bonchev–Trinajstić information content (AvgIpc) is 2.70. The summed E-state index contributed by atoms with van der Waals surface area (Å²) in [5, 5.41) is 1.61. The van der Waals surface area contributed by atoms with Gasteiger partial charge in [0.25, 0.3) is 0 Å². The molecular weight excluding hydrogens is 370 g/mol. The Morgan fingerprint density at radius 2 is 1.52 bits per heavy atom. The molecule has 0 aliphatic heterocycles. The fraction of sp³-hybridized carbons (Fsp3) is 0.200. The molecule has 0 aliphatic rings. The lowest BCUT2D eigenvalue weighted by Crippen LogP contribution is -2.05. The number of pyridine rings is 1. The number of rotatable bonds is 6. The van der Waals surface area contributed by atoms with Crippen molar-refractivity contribution in [3.8, 4) is 23.0 Å². The van der Waals surface area contributed by atoms with Gasteiger partial charge in [-0.3, -0.25) is 9.78 Å². The molecule has 27 heavy (non-hydrogen) atoms. The molecule has 0 amide bonds. The Morgan fingerprint density at radius 3 is 2.07 bits per heavy atom. The second-order valence-corrected chi connectivity index (χ2v) is 5.52. The zero-order chi connectivity index (χ0) is 18.7. The van der Waals surface area contributed by atoms with Crippen molar-refractivity contribution in [1.82, 2.24) is 4.98 Å². The van der Waals surface area contributed by atoms with Crippen LogP contribution in [0, 0.1) is 0 Å². The molecule has 0 aliphatic carbocycles. The molecule has 0 spiro atoms. The van der Waals surface area contributed by atoms with Crippen LogP contribution in [0.2, 0.25) is 0 Å². The predicted molar refractivity (Wildman–Crippen MR) is 105 cm³/mol. The van der Waals surface area contributed by atoms with Crippen molar-refractivity contribution in [3.05, 3.63) is 53.9 Å². The number of aromatic nitrogens is 1. The van der Waals surface area contributed by atoms with E-state index in [9.17, 15) is 4.79 Å². The lowest BCUT2D eigenvalue weighted by molar-refractivity contribution is 0.103. The summed E-state index contributed by atoms with van der Waals surface area (Å²) in [7, 11) is 6.14. The SMILES string of the molecule is COc1ccc2c(C(=O)c3cc(OC)c(OC)c(OC)c3)cncc2c1.Cl. The smallest absolute Gasteiger partial charge is 0.203 e. The minimum atomic E-state index is -0.187. The van der Waals surface area contributed by atoms with E-state index in [1.54, 1.807) is 31.6 Å². The summed E-state index contributed by atoms with van der Waals surface area (Å²) >= 11 is 0. The molecule has 1 aromatic heterocycles. The van der Waals surface area contributed by atoms with Crippen molar-refractivity contribution in [2.45, 2.75) is 0 Å².